The van der Waals surface area contributed by atoms with E-state index in [9.17, 15) is 0 Å². The van der Waals surface area contributed by atoms with Crippen molar-refractivity contribution in [1.29, 1.82) is 0 Å². The van der Waals surface area contributed by atoms with E-state index in [0.717, 1.165) is 12.8 Å². The molecule has 8 heteroatoms. The van der Waals surface area contributed by atoms with Crippen molar-refractivity contribution in [3.05, 3.63) is 0 Å². The van der Waals surface area contributed by atoms with Gasteiger partial charge in [0, 0.05) is 20.1 Å². The van der Waals surface area contributed by atoms with E-state index in [4.69, 9.17) is 11.7 Å². The third-order valence-corrected chi connectivity index (χ3v) is 2.41. The normalized spacial score (nSPS) is 18.6. The number of nitrogens with one attached hydrogen (secondary N) is 3. The molecule has 0 amide bonds. The molecule has 7 N–H and O–H groups in total. The summed E-state index contributed by atoms with van der Waals surface area (Å²) in [4.78, 5) is 0. The van der Waals surface area contributed by atoms with Crippen LogP contribution in [0.1, 0.15) is 25.7 Å². The predicted octanol–water partition coefficient (Wildman–Crippen LogP) is -1.81. The summed E-state index contributed by atoms with van der Waals surface area (Å²) in [5, 5.41) is 4.47. The van der Waals surface area contributed by atoms with Crippen molar-refractivity contribution in [2.75, 3.05) is 14.1 Å². The fourth-order valence-corrected chi connectivity index (χ4v) is 1.68. The van der Waals surface area contributed by atoms with Crippen molar-refractivity contribution in [3.8, 4) is 0 Å². The summed E-state index contributed by atoms with van der Waals surface area (Å²) in [6, 6.07) is 0.399. The lowest BCUT2D eigenvalue weighted by molar-refractivity contribution is -0.116. The molecule has 0 spiro atoms. The van der Waals surface area contributed by atoms with Gasteiger partial charge in [0.05, 0.1) is 0 Å². The molecule has 15 heavy (non-hydrogen) atoms. The summed E-state index contributed by atoms with van der Waals surface area (Å²) in [7, 11) is 3.45. The van der Waals surface area contributed by atoms with Gasteiger partial charge in [-0.3, -0.25) is 5.84 Å². The molecule has 1 rings (SSSR count). The molecule has 1 saturated carbocycles. The van der Waals surface area contributed by atoms with Crippen LogP contribution >= 0.6 is 0 Å². The van der Waals surface area contributed by atoms with Crippen LogP contribution in [-0.2, 0) is 0 Å². The van der Waals surface area contributed by atoms with Crippen LogP contribution in [0.5, 0.6) is 0 Å². The Labute approximate surface area is 90.3 Å². The fourth-order valence-electron chi connectivity index (χ4n) is 1.68. The summed E-state index contributed by atoms with van der Waals surface area (Å²) in [5.41, 5.74) is 8.65. The summed E-state index contributed by atoms with van der Waals surface area (Å²) in [6.45, 7) is 0. The SMILES string of the molecule is CNN(N)NN(NN(C)N)C1CCCC1. The van der Waals surface area contributed by atoms with Gasteiger partial charge in [-0.05, 0) is 12.8 Å². The molecule has 1 fully saturated rings. The third kappa shape index (κ3) is 4.36. The predicted molar refractivity (Wildman–Crippen MR) is 57.4 cm³/mol. The van der Waals surface area contributed by atoms with Crippen molar-refractivity contribution in [2.45, 2.75) is 31.7 Å². The largest absolute Gasteiger partial charge is 0.254 e. The first-order chi connectivity index (χ1) is 7.13. The highest BCUT2D eigenvalue weighted by Gasteiger charge is 2.24. The summed E-state index contributed by atoms with van der Waals surface area (Å²) in [5.74, 6) is 11.1. The van der Waals surface area contributed by atoms with E-state index in [-0.39, 0.29) is 0 Å². The molecule has 0 aromatic heterocycles. The zero-order chi connectivity index (χ0) is 11.3. The third-order valence-electron chi connectivity index (χ3n) is 2.41. The van der Waals surface area contributed by atoms with Crippen molar-refractivity contribution in [2.24, 2.45) is 11.7 Å². The Bertz CT molecular complexity index is 168. The molecule has 8 nitrogen and oxygen atoms in total. The van der Waals surface area contributed by atoms with E-state index >= 15 is 0 Å². The van der Waals surface area contributed by atoms with E-state index in [1.807, 2.05) is 5.12 Å². The van der Waals surface area contributed by atoms with Crippen LogP contribution in [0.3, 0.4) is 0 Å². The van der Waals surface area contributed by atoms with E-state index in [1.165, 1.54) is 23.2 Å². The number of hydrazine groups is 7. The van der Waals surface area contributed by atoms with E-state index in [0.29, 0.717) is 6.04 Å². The second-order valence-electron chi connectivity index (χ2n) is 3.71. The molecule has 0 radical (unpaired) electrons. The van der Waals surface area contributed by atoms with Crippen LogP contribution in [0.15, 0.2) is 0 Å². The standard InChI is InChI=1S/C7H22N8/c1-10-15(9)12-14(11-13(2)8)7-5-3-4-6-7/h7,10-12H,3-6,8-9H2,1-2H3. The quantitative estimate of drug-likeness (QED) is 0.263. The Kier molecular flexibility index (Phi) is 5.36. The second-order valence-corrected chi connectivity index (χ2v) is 3.71. The summed E-state index contributed by atoms with van der Waals surface area (Å²) < 4.78 is 0. The summed E-state index contributed by atoms with van der Waals surface area (Å²) >= 11 is 0. The molecule has 0 atom stereocenters. The summed E-state index contributed by atoms with van der Waals surface area (Å²) in [6.07, 6.45) is 4.74. The van der Waals surface area contributed by atoms with Gasteiger partial charge in [0.25, 0.3) is 0 Å². The van der Waals surface area contributed by atoms with Crippen LogP contribution in [0.25, 0.3) is 0 Å². The first-order valence-corrected chi connectivity index (χ1v) is 5.16. The van der Waals surface area contributed by atoms with E-state index in [1.54, 1.807) is 14.1 Å². The van der Waals surface area contributed by atoms with Crippen LogP contribution in [0.2, 0.25) is 0 Å². The zero-order valence-corrected chi connectivity index (χ0v) is 9.40. The van der Waals surface area contributed by atoms with Gasteiger partial charge in [-0.2, -0.15) is 10.7 Å². The number of nitrogens with two attached hydrogens (primary N) is 2. The molecule has 0 heterocycles. The molecule has 90 valence electrons. The Morgan fingerprint density at radius 3 is 2.20 bits per heavy atom. The van der Waals surface area contributed by atoms with Gasteiger partial charge in [-0.15, -0.1) is 10.7 Å². The monoisotopic (exact) mass is 218 g/mol. The first kappa shape index (κ1) is 12.7. The Balaban J connectivity index is 2.43. The molecular formula is C7H22N8. The molecule has 0 unspecified atom stereocenters. The topological polar surface area (TPSA) is 97.8 Å². The molecule has 1 aliphatic rings. The van der Waals surface area contributed by atoms with Gasteiger partial charge in [-0.25, -0.2) is 11.3 Å². The van der Waals surface area contributed by atoms with Crippen LogP contribution in [-0.4, -0.2) is 35.6 Å². The van der Waals surface area contributed by atoms with Crippen LogP contribution < -0.4 is 28.2 Å². The molecule has 0 bridgehead atoms. The van der Waals surface area contributed by atoms with Crippen molar-refractivity contribution in [3.63, 3.8) is 0 Å². The highest BCUT2D eigenvalue weighted by Crippen LogP contribution is 2.20. The number of nitrogens with zero attached hydrogens (tertiary/aromatic N) is 3. The molecule has 0 saturated heterocycles. The average molecular weight is 218 g/mol. The van der Waals surface area contributed by atoms with E-state index in [2.05, 4.69) is 16.5 Å². The molecule has 0 aromatic carbocycles. The minimum atomic E-state index is 0.399. The minimum absolute atomic E-state index is 0.399. The highest BCUT2D eigenvalue weighted by atomic mass is 16.1. The molecular weight excluding hydrogens is 196 g/mol. The van der Waals surface area contributed by atoms with Crippen LogP contribution in [0, 0.1) is 0 Å². The average Bonchev–Trinajstić information content (AvgIpc) is 2.68. The lowest BCUT2D eigenvalue weighted by atomic mass is 10.3. The molecule has 1 aliphatic carbocycles. The van der Waals surface area contributed by atoms with Gasteiger partial charge in [0.2, 0.25) is 0 Å². The number of hydrogen-bond donors (Lipinski definition) is 5. The van der Waals surface area contributed by atoms with Crippen molar-refractivity contribution >= 4 is 0 Å². The van der Waals surface area contributed by atoms with Crippen LogP contribution in [0.4, 0.5) is 0 Å². The zero-order valence-electron chi connectivity index (χ0n) is 9.40. The Morgan fingerprint density at radius 2 is 1.73 bits per heavy atom. The highest BCUT2D eigenvalue weighted by molar-refractivity contribution is 4.72. The Morgan fingerprint density at radius 1 is 1.13 bits per heavy atom. The van der Waals surface area contributed by atoms with Crippen molar-refractivity contribution in [1.82, 2.24) is 32.0 Å². The van der Waals surface area contributed by atoms with Gasteiger partial charge in [0.1, 0.15) is 0 Å². The molecule has 0 aliphatic heterocycles. The maximum atomic E-state index is 5.59. The molecule has 0 aromatic rings. The lowest BCUT2D eigenvalue weighted by Crippen LogP contribution is -2.67. The van der Waals surface area contributed by atoms with E-state index < -0.39 is 0 Å². The van der Waals surface area contributed by atoms with Crippen molar-refractivity contribution < 1.29 is 0 Å². The fraction of sp³-hybridized carbons (Fsp3) is 1.00. The second kappa shape index (κ2) is 6.30. The van der Waals surface area contributed by atoms with Gasteiger partial charge in [0.15, 0.2) is 0 Å². The Hall–Kier alpha value is -0.320. The lowest BCUT2D eigenvalue weighted by Gasteiger charge is -2.34. The maximum absolute atomic E-state index is 5.59. The van der Waals surface area contributed by atoms with Gasteiger partial charge in [-0.1, -0.05) is 18.1 Å². The van der Waals surface area contributed by atoms with Gasteiger partial charge < -0.3 is 0 Å². The van der Waals surface area contributed by atoms with Gasteiger partial charge >= 0.3 is 0 Å². The minimum Gasteiger partial charge on any atom is -0.254 e. The maximum Gasteiger partial charge on any atom is 0.0428 e. The number of hydrogen-bond acceptors (Lipinski definition) is 8. The first-order valence-electron chi connectivity index (χ1n) is 5.16. The number of rotatable bonds is 6. The smallest absolute Gasteiger partial charge is 0.0428 e.